The van der Waals surface area contributed by atoms with Gasteiger partial charge in [0.25, 0.3) is 0 Å². The topological polar surface area (TPSA) is 50.4 Å². The van der Waals surface area contributed by atoms with Crippen molar-refractivity contribution >= 4 is 34.6 Å². The van der Waals surface area contributed by atoms with Crippen molar-refractivity contribution in [1.29, 1.82) is 0 Å². The largest absolute Gasteiger partial charge is 0.494 e. The first-order chi connectivity index (χ1) is 11.7. The summed E-state index contributed by atoms with van der Waals surface area (Å²) in [6.45, 7) is 2.91. The Balaban J connectivity index is 1.97. The Morgan fingerprint density at radius 1 is 1.04 bits per heavy atom. The normalized spacial score (nSPS) is 10.2. The molecule has 0 unspecified atom stereocenters. The molecular weight excluding hydrogens is 324 g/mol. The highest BCUT2D eigenvalue weighted by Gasteiger charge is 2.02. The second-order valence-electron chi connectivity index (χ2n) is 5.47. The zero-order valence-corrected chi connectivity index (χ0v) is 14.6. The lowest BCUT2D eigenvalue weighted by Crippen LogP contribution is -2.12. The number of hydrogen-bond donors (Lipinski definition) is 2. The maximum atomic E-state index is 11.4. The molecule has 5 heteroatoms. The van der Waals surface area contributed by atoms with E-state index >= 15 is 0 Å². The third-order valence-electron chi connectivity index (χ3n) is 3.41. The highest BCUT2D eigenvalue weighted by molar-refractivity contribution is 6.29. The quantitative estimate of drug-likeness (QED) is 0.486. The predicted molar refractivity (Wildman–Crippen MR) is 101 cm³/mol. The van der Waals surface area contributed by atoms with Gasteiger partial charge in [-0.05, 0) is 36.8 Å². The van der Waals surface area contributed by atoms with Crippen LogP contribution in [0.15, 0.2) is 48.5 Å². The molecule has 2 aromatic carbocycles. The fraction of sp³-hybridized carbons (Fsp3) is 0.316. The van der Waals surface area contributed by atoms with Gasteiger partial charge >= 0.3 is 0 Å². The predicted octanol–water partition coefficient (Wildman–Crippen LogP) is 5.18. The first-order valence-electron chi connectivity index (χ1n) is 8.17. The maximum absolute atomic E-state index is 11.4. The van der Waals surface area contributed by atoms with Gasteiger partial charge in [-0.15, -0.1) is 11.6 Å². The SMILES string of the molecule is CCCCCOc1cccc(Nc2cccc(NC(=O)CCl)c2)c1. The number of rotatable bonds is 9. The Morgan fingerprint density at radius 2 is 1.75 bits per heavy atom. The van der Waals surface area contributed by atoms with Crippen molar-refractivity contribution in [3.63, 3.8) is 0 Å². The number of carbonyl (C=O) groups excluding carboxylic acids is 1. The van der Waals surface area contributed by atoms with E-state index in [4.69, 9.17) is 16.3 Å². The van der Waals surface area contributed by atoms with Crippen LogP contribution in [0, 0.1) is 0 Å². The van der Waals surface area contributed by atoms with Gasteiger partial charge in [0, 0.05) is 23.1 Å². The molecule has 2 aromatic rings. The van der Waals surface area contributed by atoms with Gasteiger partial charge in [-0.1, -0.05) is 31.9 Å². The van der Waals surface area contributed by atoms with E-state index in [0.29, 0.717) is 5.69 Å². The van der Waals surface area contributed by atoms with Gasteiger partial charge in [-0.2, -0.15) is 0 Å². The van der Waals surface area contributed by atoms with Gasteiger partial charge in [0.2, 0.25) is 5.91 Å². The minimum Gasteiger partial charge on any atom is -0.494 e. The van der Waals surface area contributed by atoms with Crippen molar-refractivity contribution in [3.05, 3.63) is 48.5 Å². The van der Waals surface area contributed by atoms with Crippen LogP contribution in [0.3, 0.4) is 0 Å². The van der Waals surface area contributed by atoms with E-state index in [1.165, 1.54) is 12.8 Å². The number of amides is 1. The Bertz CT molecular complexity index is 661. The summed E-state index contributed by atoms with van der Waals surface area (Å²) in [7, 11) is 0. The number of benzene rings is 2. The number of hydrogen-bond acceptors (Lipinski definition) is 3. The van der Waals surface area contributed by atoms with Gasteiger partial charge in [0.1, 0.15) is 11.6 Å². The molecule has 1 amide bonds. The number of ether oxygens (including phenoxy) is 1. The van der Waals surface area contributed by atoms with Crippen LogP contribution in [-0.4, -0.2) is 18.4 Å². The summed E-state index contributed by atoms with van der Waals surface area (Å²) < 4.78 is 5.77. The number of alkyl halides is 1. The lowest BCUT2D eigenvalue weighted by Gasteiger charge is -2.11. The highest BCUT2D eigenvalue weighted by Crippen LogP contribution is 2.23. The highest BCUT2D eigenvalue weighted by atomic mass is 35.5. The molecule has 0 saturated carbocycles. The second kappa shape index (κ2) is 9.83. The van der Waals surface area contributed by atoms with Crippen molar-refractivity contribution in [2.75, 3.05) is 23.1 Å². The summed E-state index contributed by atoms with van der Waals surface area (Å²) in [5.41, 5.74) is 2.52. The molecule has 0 atom stereocenters. The average molecular weight is 347 g/mol. The molecule has 24 heavy (non-hydrogen) atoms. The third-order valence-corrected chi connectivity index (χ3v) is 3.65. The zero-order valence-electron chi connectivity index (χ0n) is 13.8. The summed E-state index contributed by atoms with van der Waals surface area (Å²) in [5.74, 6) is 0.564. The number of halogens is 1. The van der Waals surface area contributed by atoms with E-state index in [-0.39, 0.29) is 11.8 Å². The van der Waals surface area contributed by atoms with E-state index in [0.717, 1.165) is 30.2 Å². The molecule has 2 rings (SSSR count). The molecule has 128 valence electrons. The molecule has 4 nitrogen and oxygen atoms in total. The van der Waals surface area contributed by atoms with Gasteiger partial charge in [-0.25, -0.2) is 0 Å². The van der Waals surface area contributed by atoms with E-state index < -0.39 is 0 Å². The summed E-state index contributed by atoms with van der Waals surface area (Å²) in [6.07, 6.45) is 3.43. The van der Waals surface area contributed by atoms with Crippen LogP contribution in [-0.2, 0) is 4.79 Å². The second-order valence-corrected chi connectivity index (χ2v) is 5.74. The van der Waals surface area contributed by atoms with Crippen LogP contribution in [0.25, 0.3) is 0 Å². The molecular formula is C19H23ClN2O2. The third kappa shape index (κ3) is 6.13. The van der Waals surface area contributed by atoms with Crippen LogP contribution in [0.2, 0.25) is 0 Å². The first-order valence-corrected chi connectivity index (χ1v) is 8.70. The Morgan fingerprint density at radius 3 is 2.50 bits per heavy atom. The van der Waals surface area contributed by atoms with Crippen LogP contribution in [0.4, 0.5) is 17.1 Å². The molecule has 0 fully saturated rings. The van der Waals surface area contributed by atoms with Gasteiger partial charge < -0.3 is 15.4 Å². The van der Waals surface area contributed by atoms with Crippen molar-refractivity contribution < 1.29 is 9.53 Å². The number of anilines is 3. The van der Waals surface area contributed by atoms with E-state index in [2.05, 4.69) is 17.6 Å². The summed E-state index contributed by atoms with van der Waals surface area (Å²) in [6, 6.07) is 15.3. The molecule has 0 spiro atoms. The minimum atomic E-state index is -0.226. The van der Waals surface area contributed by atoms with E-state index in [9.17, 15) is 4.79 Å². The van der Waals surface area contributed by atoms with Crippen LogP contribution in [0.1, 0.15) is 26.2 Å². The fourth-order valence-corrected chi connectivity index (χ4v) is 2.31. The Kier molecular flexibility index (Phi) is 7.43. The van der Waals surface area contributed by atoms with Crippen LogP contribution in [0.5, 0.6) is 5.75 Å². The smallest absolute Gasteiger partial charge is 0.239 e. The Hall–Kier alpha value is -2.20. The Labute approximate surface area is 148 Å². The molecule has 2 N–H and O–H groups in total. The summed E-state index contributed by atoms with van der Waals surface area (Å²) in [4.78, 5) is 11.4. The van der Waals surface area contributed by atoms with Crippen molar-refractivity contribution in [3.8, 4) is 5.75 Å². The van der Waals surface area contributed by atoms with Gasteiger partial charge in [0.05, 0.1) is 6.61 Å². The van der Waals surface area contributed by atoms with E-state index in [1.807, 2.05) is 48.5 Å². The van der Waals surface area contributed by atoms with Crippen LogP contribution < -0.4 is 15.4 Å². The van der Waals surface area contributed by atoms with Crippen molar-refractivity contribution in [2.24, 2.45) is 0 Å². The molecule has 0 bridgehead atoms. The standard InChI is InChI=1S/C19H23ClN2O2/c1-2-3-4-11-24-18-10-6-9-17(13-18)21-15-7-5-8-16(12-15)22-19(23)14-20/h5-10,12-13,21H,2-4,11,14H2,1H3,(H,22,23). The number of nitrogens with one attached hydrogen (secondary N) is 2. The van der Waals surface area contributed by atoms with Gasteiger partial charge in [0.15, 0.2) is 0 Å². The van der Waals surface area contributed by atoms with Crippen molar-refractivity contribution in [1.82, 2.24) is 0 Å². The molecule has 0 aliphatic heterocycles. The molecule has 0 aliphatic rings. The van der Waals surface area contributed by atoms with E-state index in [1.54, 1.807) is 0 Å². The van der Waals surface area contributed by atoms with Crippen molar-refractivity contribution in [2.45, 2.75) is 26.2 Å². The zero-order chi connectivity index (χ0) is 17.2. The summed E-state index contributed by atoms with van der Waals surface area (Å²) >= 11 is 5.51. The first kappa shape index (κ1) is 18.1. The molecule has 0 aromatic heterocycles. The lowest BCUT2D eigenvalue weighted by molar-refractivity contribution is -0.113. The maximum Gasteiger partial charge on any atom is 0.239 e. The molecule has 0 radical (unpaired) electrons. The number of carbonyl (C=O) groups is 1. The number of unbranched alkanes of at least 4 members (excludes halogenated alkanes) is 2. The lowest BCUT2D eigenvalue weighted by atomic mass is 10.2. The minimum absolute atomic E-state index is 0.0604. The molecule has 0 heterocycles. The van der Waals surface area contributed by atoms with Gasteiger partial charge in [-0.3, -0.25) is 4.79 Å². The monoisotopic (exact) mass is 346 g/mol. The van der Waals surface area contributed by atoms with Crippen LogP contribution >= 0.6 is 11.6 Å². The fourth-order valence-electron chi connectivity index (χ4n) is 2.24. The molecule has 0 saturated heterocycles. The summed E-state index contributed by atoms with van der Waals surface area (Å²) in [5, 5.41) is 6.05. The molecule has 0 aliphatic carbocycles. The average Bonchev–Trinajstić information content (AvgIpc) is 2.59.